The molecule has 0 aromatic carbocycles. The minimum atomic E-state index is -1.36. The third-order valence-electron chi connectivity index (χ3n) is 2.01. The third kappa shape index (κ3) is 2.16. The summed E-state index contributed by atoms with van der Waals surface area (Å²) < 4.78 is 4.77. The highest BCUT2D eigenvalue weighted by molar-refractivity contribution is 5.73. The van der Waals surface area contributed by atoms with Gasteiger partial charge in [-0.15, -0.1) is 0 Å². The van der Waals surface area contributed by atoms with Crippen molar-refractivity contribution in [1.29, 1.82) is 0 Å². The summed E-state index contributed by atoms with van der Waals surface area (Å²) in [5, 5.41) is 35.6. The van der Waals surface area contributed by atoms with Gasteiger partial charge < -0.3 is 25.2 Å². The Morgan fingerprint density at radius 3 is 2.46 bits per heavy atom. The predicted octanol–water partition coefficient (Wildman–Crippen LogP) is -2.06. The molecule has 1 rings (SSSR count). The van der Waals surface area contributed by atoms with E-state index in [-0.39, 0.29) is 6.42 Å². The molecule has 1 aliphatic heterocycles. The normalized spacial score (nSPS) is 40.2. The van der Waals surface area contributed by atoms with Crippen molar-refractivity contribution in [3.8, 4) is 0 Å². The molecule has 0 bridgehead atoms. The second-order valence-electron chi connectivity index (χ2n) is 2.99. The number of aliphatic hydroxyl groups excluding tert-OH is 3. The highest BCUT2D eigenvalue weighted by atomic mass is 16.6. The summed E-state index contributed by atoms with van der Waals surface area (Å²) in [5.41, 5.74) is 0. The molecule has 0 radical (unpaired) electrons. The Bertz CT molecular complexity index is 193. The van der Waals surface area contributed by atoms with Crippen molar-refractivity contribution < 1.29 is 30.0 Å². The first-order chi connectivity index (χ1) is 6.06. The molecule has 0 aromatic heterocycles. The Kier molecular flexibility index (Phi) is 3.21. The molecule has 0 saturated carbocycles. The van der Waals surface area contributed by atoms with Gasteiger partial charge in [-0.05, 0) is 0 Å². The number of hydrogen-bond donors (Lipinski definition) is 4. The van der Waals surface area contributed by atoms with E-state index in [4.69, 9.17) is 14.9 Å². The second-order valence-corrected chi connectivity index (χ2v) is 2.99. The first-order valence-corrected chi connectivity index (χ1v) is 3.91. The first-order valence-electron chi connectivity index (χ1n) is 3.91. The number of carboxylic acid groups (broad SMARTS) is 1. The average Bonchev–Trinajstić information content (AvgIpc) is 2.03. The lowest BCUT2D eigenvalue weighted by atomic mass is 9.99. The third-order valence-corrected chi connectivity index (χ3v) is 2.01. The van der Waals surface area contributed by atoms with Crippen molar-refractivity contribution in [3.63, 3.8) is 0 Å². The van der Waals surface area contributed by atoms with Crippen LogP contribution in [0.4, 0.5) is 0 Å². The average molecular weight is 192 g/mol. The van der Waals surface area contributed by atoms with Crippen LogP contribution in [0.1, 0.15) is 6.42 Å². The van der Waals surface area contributed by atoms with E-state index in [1.807, 2.05) is 0 Å². The maximum atomic E-state index is 10.5. The quantitative estimate of drug-likeness (QED) is 0.401. The van der Waals surface area contributed by atoms with Gasteiger partial charge in [-0.2, -0.15) is 0 Å². The smallest absolute Gasteiger partial charge is 0.335 e. The van der Waals surface area contributed by atoms with Crippen LogP contribution in [0.3, 0.4) is 0 Å². The zero-order valence-corrected chi connectivity index (χ0v) is 6.83. The molecule has 1 aliphatic rings. The minimum Gasteiger partial charge on any atom is -0.479 e. The van der Waals surface area contributed by atoms with Crippen molar-refractivity contribution in [2.75, 3.05) is 6.61 Å². The van der Waals surface area contributed by atoms with E-state index in [9.17, 15) is 15.0 Å². The van der Waals surface area contributed by atoms with Crippen LogP contribution in [0, 0.1) is 0 Å². The monoisotopic (exact) mass is 192 g/mol. The molecule has 2 unspecified atom stereocenters. The second kappa shape index (κ2) is 4.01. The fourth-order valence-corrected chi connectivity index (χ4v) is 1.28. The number of rotatable bonds is 2. The molecule has 6 heteroatoms. The van der Waals surface area contributed by atoms with Gasteiger partial charge in [-0.1, -0.05) is 0 Å². The highest BCUT2D eigenvalue weighted by Gasteiger charge is 2.39. The maximum Gasteiger partial charge on any atom is 0.335 e. The first kappa shape index (κ1) is 10.4. The molecule has 6 nitrogen and oxygen atoms in total. The zero-order valence-electron chi connectivity index (χ0n) is 6.83. The van der Waals surface area contributed by atoms with Gasteiger partial charge in [0.25, 0.3) is 0 Å². The molecule has 1 saturated heterocycles. The van der Waals surface area contributed by atoms with Crippen LogP contribution in [0.2, 0.25) is 0 Å². The Labute approximate surface area is 74.4 Å². The van der Waals surface area contributed by atoms with Gasteiger partial charge in [0.1, 0.15) is 6.10 Å². The lowest BCUT2D eigenvalue weighted by Crippen LogP contribution is -2.51. The largest absolute Gasteiger partial charge is 0.479 e. The molecule has 4 atom stereocenters. The number of aliphatic hydroxyl groups is 3. The molecule has 0 amide bonds. The summed E-state index contributed by atoms with van der Waals surface area (Å²) in [6.45, 7) is -0.461. The van der Waals surface area contributed by atoms with E-state index in [0.717, 1.165) is 0 Å². The molecular weight excluding hydrogens is 180 g/mol. The van der Waals surface area contributed by atoms with Crippen LogP contribution in [0.25, 0.3) is 0 Å². The summed E-state index contributed by atoms with van der Waals surface area (Å²) >= 11 is 0. The molecule has 13 heavy (non-hydrogen) atoms. The van der Waals surface area contributed by atoms with Gasteiger partial charge in [0.05, 0.1) is 18.8 Å². The van der Waals surface area contributed by atoms with Gasteiger partial charge in [0.2, 0.25) is 0 Å². The van der Waals surface area contributed by atoms with Crippen LogP contribution in [0.15, 0.2) is 0 Å². The summed E-state index contributed by atoms with van der Waals surface area (Å²) in [6.07, 6.45) is -4.63. The molecule has 0 aliphatic carbocycles. The molecule has 76 valence electrons. The number of carbonyl (C=O) groups is 1. The van der Waals surface area contributed by atoms with E-state index in [0.29, 0.717) is 0 Å². The standard InChI is InChI=1S/C7H12O6/c8-2-5-3(9)1-4(10)6(13-5)7(11)12/h3-6,8-10H,1-2H2,(H,11,12)/t3?,4-,5-,6?/m1/s1. The van der Waals surface area contributed by atoms with Crippen molar-refractivity contribution in [1.82, 2.24) is 0 Å². The van der Waals surface area contributed by atoms with Crippen LogP contribution in [-0.4, -0.2) is 57.4 Å². The van der Waals surface area contributed by atoms with Gasteiger partial charge in [0.15, 0.2) is 6.10 Å². The maximum absolute atomic E-state index is 10.5. The minimum absolute atomic E-state index is 0.0950. The Morgan fingerprint density at radius 2 is 2.00 bits per heavy atom. The van der Waals surface area contributed by atoms with Crippen LogP contribution < -0.4 is 0 Å². The lowest BCUT2D eigenvalue weighted by molar-refractivity contribution is -0.197. The van der Waals surface area contributed by atoms with Crippen molar-refractivity contribution >= 4 is 5.97 Å². The number of aliphatic carboxylic acids is 1. The van der Waals surface area contributed by atoms with Gasteiger partial charge in [-0.3, -0.25) is 0 Å². The Morgan fingerprint density at radius 1 is 1.38 bits per heavy atom. The van der Waals surface area contributed by atoms with Crippen molar-refractivity contribution in [3.05, 3.63) is 0 Å². The Hall–Kier alpha value is -0.690. The number of carboxylic acids is 1. The van der Waals surface area contributed by atoms with E-state index in [1.54, 1.807) is 0 Å². The molecule has 4 N–H and O–H groups in total. The fourth-order valence-electron chi connectivity index (χ4n) is 1.28. The van der Waals surface area contributed by atoms with E-state index in [1.165, 1.54) is 0 Å². The van der Waals surface area contributed by atoms with Crippen LogP contribution in [-0.2, 0) is 9.53 Å². The zero-order chi connectivity index (χ0) is 10.0. The van der Waals surface area contributed by atoms with Crippen LogP contribution in [0.5, 0.6) is 0 Å². The number of ether oxygens (including phenoxy) is 1. The summed E-state index contributed by atoms with van der Waals surface area (Å²) in [5.74, 6) is -1.29. The SMILES string of the molecule is O=C(O)C1O[C@H](CO)C(O)C[C@H]1O. The van der Waals surface area contributed by atoms with E-state index < -0.39 is 37.0 Å². The van der Waals surface area contributed by atoms with E-state index >= 15 is 0 Å². The summed E-state index contributed by atoms with van der Waals surface area (Å²) in [6, 6.07) is 0. The van der Waals surface area contributed by atoms with Crippen molar-refractivity contribution in [2.24, 2.45) is 0 Å². The van der Waals surface area contributed by atoms with Gasteiger partial charge in [-0.25, -0.2) is 4.79 Å². The molecule has 1 heterocycles. The van der Waals surface area contributed by atoms with Gasteiger partial charge >= 0.3 is 5.97 Å². The van der Waals surface area contributed by atoms with E-state index in [2.05, 4.69) is 0 Å². The summed E-state index contributed by atoms with van der Waals surface area (Å²) in [4.78, 5) is 10.5. The fraction of sp³-hybridized carbons (Fsp3) is 0.857. The highest BCUT2D eigenvalue weighted by Crippen LogP contribution is 2.20. The van der Waals surface area contributed by atoms with Gasteiger partial charge in [0, 0.05) is 6.42 Å². The number of hydrogen-bond acceptors (Lipinski definition) is 5. The molecule has 0 spiro atoms. The Balaban J connectivity index is 2.63. The lowest BCUT2D eigenvalue weighted by Gasteiger charge is -2.34. The van der Waals surface area contributed by atoms with Crippen LogP contribution >= 0.6 is 0 Å². The van der Waals surface area contributed by atoms with Crippen molar-refractivity contribution in [2.45, 2.75) is 30.8 Å². The predicted molar refractivity (Wildman–Crippen MR) is 40.0 cm³/mol. The molecule has 1 fully saturated rings. The molecular formula is C7H12O6. The summed E-state index contributed by atoms with van der Waals surface area (Å²) in [7, 11) is 0. The molecule has 0 aromatic rings. The topological polar surface area (TPSA) is 107 Å².